The molecule has 0 aliphatic heterocycles. The highest BCUT2D eigenvalue weighted by Gasteiger charge is 2.21. The molecule has 3 N–H and O–H groups in total. The van der Waals surface area contributed by atoms with Crippen LogP contribution in [-0.2, 0) is 4.79 Å². The van der Waals surface area contributed by atoms with E-state index in [-0.39, 0.29) is 0 Å². The van der Waals surface area contributed by atoms with Crippen molar-refractivity contribution < 1.29 is 4.79 Å². The molecule has 0 saturated carbocycles. The SMILES string of the molecule is CC[C@@H](Nc1c(C#N)c(-c2ccc(-c3cccnc3C)cc2)nc2cnccc12)C(N)=O. The van der Waals surface area contributed by atoms with Crippen molar-refractivity contribution in [3.8, 4) is 28.5 Å². The number of carbonyl (C=O) groups excluding carboxylic acids is 1. The van der Waals surface area contributed by atoms with Gasteiger partial charge in [0.2, 0.25) is 5.91 Å². The Bertz CT molecular complexity index is 1340. The average Bonchev–Trinajstić information content (AvgIpc) is 2.82. The van der Waals surface area contributed by atoms with Gasteiger partial charge in [0.25, 0.3) is 0 Å². The maximum Gasteiger partial charge on any atom is 0.239 e. The highest BCUT2D eigenvalue weighted by Crippen LogP contribution is 2.34. The molecule has 4 aromatic rings. The minimum atomic E-state index is -0.607. The van der Waals surface area contributed by atoms with Crippen LogP contribution in [0, 0.1) is 18.3 Å². The van der Waals surface area contributed by atoms with E-state index in [1.807, 2.05) is 50.2 Å². The molecule has 0 bridgehead atoms. The number of hydrogen-bond acceptors (Lipinski definition) is 6. The molecule has 158 valence electrons. The van der Waals surface area contributed by atoms with Crippen LogP contribution in [0.1, 0.15) is 24.6 Å². The van der Waals surface area contributed by atoms with E-state index >= 15 is 0 Å². The van der Waals surface area contributed by atoms with E-state index in [1.165, 1.54) is 0 Å². The van der Waals surface area contributed by atoms with Crippen LogP contribution in [0.15, 0.2) is 61.1 Å². The third kappa shape index (κ3) is 3.86. The van der Waals surface area contributed by atoms with Crippen LogP contribution in [0.4, 0.5) is 5.69 Å². The van der Waals surface area contributed by atoms with Gasteiger partial charge in [-0.2, -0.15) is 5.26 Å². The number of nitrogens with zero attached hydrogens (tertiary/aromatic N) is 4. The first-order valence-corrected chi connectivity index (χ1v) is 10.3. The predicted octanol–water partition coefficient (Wildman–Crippen LogP) is 4.21. The van der Waals surface area contributed by atoms with Crippen LogP contribution in [-0.4, -0.2) is 26.9 Å². The number of fused-ring (bicyclic) bond motifs is 1. The third-order valence-corrected chi connectivity index (χ3v) is 5.45. The molecule has 0 unspecified atom stereocenters. The van der Waals surface area contributed by atoms with E-state index in [9.17, 15) is 10.1 Å². The fourth-order valence-electron chi connectivity index (χ4n) is 3.73. The lowest BCUT2D eigenvalue weighted by atomic mass is 9.98. The summed E-state index contributed by atoms with van der Waals surface area (Å²) < 4.78 is 0. The molecule has 7 heteroatoms. The van der Waals surface area contributed by atoms with Crippen LogP contribution >= 0.6 is 0 Å². The van der Waals surface area contributed by atoms with Crippen molar-refractivity contribution in [1.29, 1.82) is 5.26 Å². The molecule has 1 atom stereocenters. The average molecular weight is 422 g/mol. The molecule has 3 aromatic heterocycles. The first-order valence-electron chi connectivity index (χ1n) is 10.3. The summed E-state index contributed by atoms with van der Waals surface area (Å²) in [5.41, 5.74) is 11.4. The van der Waals surface area contributed by atoms with E-state index < -0.39 is 11.9 Å². The zero-order valence-corrected chi connectivity index (χ0v) is 17.8. The Balaban J connectivity index is 1.87. The van der Waals surface area contributed by atoms with Crippen LogP contribution < -0.4 is 11.1 Å². The summed E-state index contributed by atoms with van der Waals surface area (Å²) in [7, 11) is 0. The quantitative estimate of drug-likeness (QED) is 0.480. The lowest BCUT2D eigenvalue weighted by Crippen LogP contribution is -2.35. The molecule has 3 heterocycles. The van der Waals surface area contributed by atoms with Crippen molar-refractivity contribution in [2.45, 2.75) is 26.3 Å². The normalized spacial score (nSPS) is 11.7. The maximum atomic E-state index is 11.9. The highest BCUT2D eigenvalue weighted by molar-refractivity contribution is 5.99. The lowest BCUT2D eigenvalue weighted by molar-refractivity contribution is -0.118. The van der Waals surface area contributed by atoms with Crippen LogP contribution in [0.3, 0.4) is 0 Å². The molecular formula is C25H22N6O. The summed E-state index contributed by atoms with van der Waals surface area (Å²) in [4.78, 5) is 25.1. The van der Waals surface area contributed by atoms with E-state index in [0.717, 1.165) is 22.4 Å². The Morgan fingerprint density at radius 2 is 1.91 bits per heavy atom. The smallest absolute Gasteiger partial charge is 0.239 e. The minimum absolute atomic E-state index is 0.355. The van der Waals surface area contributed by atoms with Crippen molar-refractivity contribution in [3.05, 3.63) is 72.3 Å². The molecule has 0 aliphatic carbocycles. The van der Waals surface area contributed by atoms with E-state index in [1.54, 1.807) is 24.7 Å². The molecule has 4 rings (SSSR count). The van der Waals surface area contributed by atoms with Crippen LogP contribution in [0.2, 0.25) is 0 Å². The van der Waals surface area contributed by atoms with Gasteiger partial charge in [-0.25, -0.2) is 4.98 Å². The number of nitrogens with two attached hydrogens (primary N) is 1. The van der Waals surface area contributed by atoms with Gasteiger partial charge in [-0.05, 0) is 31.0 Å². The maximum absolute atomic E-state index is 11.9. The van der Waals surface area contributed by atoms with E-state index in [0.29, 0.717) is 34.3 Å². The summed E-state index contributed by atoms with van der Waals surface area (Å²) >= 11 is 0. The topological polar surface area (TPSA) is 118 Å². The number of anilines is 1. The number of pyridine rings is 3. The first kappa shape index (κ1) is 20.9. The Labute approximate surface area is 186 Å². The molecule has 0 fully saturated rings. The first-order chi connectivity index (χ1) is 15.5. The monoisotopic (exact) mass is 422 g/mol. The summed E-state index contributed by atoms with van der Waals surface area (Å²) in [6.45, 7) is 3.83. The largest absolute Gasteiger partial charge is 0.372 e. The standard InChI is InChI=1S/C25H22N6O/c1-3-21(25(27)32)30-24-19-10-12-28-14-22(19)31-23(20(24)13-26)17-8-6-16(7-9-17)18-5-4-11-29-15(18)2/h4-12,14,21H,3H2,1-2H3,(H2,27,32)(H,30,31)/t21-/m1/s1. The van der Waals surface area contributed by atoms with Crippen molar-refractivity contribution in [1.82, 2.24) is 15.0 Å². The van der Waals surface area contributed by atoms with Gasteiger partial charge >= 0.3 is 0 Å². The number of primary amides is 1. The number of carbonyl (C=O) groups is 1. The summed E-state index contributed by atoms with van der Waals surface area (Å²) in [6, 6.07) is 15.2. The van der Waals surface area contributed by atoms with Crippen molar-refractivity contribution in [2.24, 2.45) is 5.73 Å². The number of benzene rings is 1. The zero-order valence-electron chi connectivity index (χ0n) is 17.8. The number of amides is 1. The van der Waals surface area contributed by atoms with E-state index in [2.05, 4.69) is 21.4 Å². The molecule has 0 saturated heterocycles. The molecular weight excluding hydrogens is 400 g/mol. The van der Waals surface area contributed by atoms with Gasteiger partial charge in [0, 0.05) is 34.6 Å². The molecule has 0 aliphatic rings. The molecule has 0 spiro atoms. The Kier molecular flexibility index (Phi) is 5.77. The lowest BCUT2D eigenvalue weighted by Gasteiger charge is -2.19. The minimum Gasteiger partial charge on any atom is -0.372 e. The number of aryl methyl sites for hydroxylation is 1. The summed E-state index contributed by atoms with van der Waals surface area (Å²) in [5, 5.41) is 13.9. The number of rotatable bonds is 6. The van der Waals surface area contributed by atoms with Gasteiger partial charge < -0.3 is 11.1 Å². The fraction of sp³-hybridized carbons (Fsp3) is 0.160. The van der Waals surface area contributed by atoms with Crippen LogP contribution in [0.25, 0.3) is 33.3 Å². The predicted molar refractivity (Wildman–Crippen MR) is 125 cm³/mol. The van der Waals surface area contributed by atoms with Gasteiger partial charge in [-0.1, -0.05) is 37.3 Å². The van der Waals surface area contributed by atoms with Crippen molar-refractivity contribution in [2.75, 3.05) is 5.32 Å². The second kappa shape index (κ2) is 8.82. The van der Waals surface area contributed by atoms with Crippen molar-refractivity contribution >= 4 is 22.5 Å². The second-order valence-electron chi connectivity index (χ2n) is 7.44. The fourth-order valence-corrected chi connectivity index (χ4v) is 3.73. The summed E-state index contributed by atoms with van der Waals surface area (Å²) in [6.07, 6.45) is 5.53. The molecule has 0 radical (unpaired) electrons. The highest BCUT2D eigenvalue weighted by atomic mass is 16.1. The van der Waals surface area contributed by atoms with Gasteiger partial charge in [0.1, 0.15) is 17.7 Å². The molecule has 32 heavy (non-hydrogen) atoms. The van der Waals surface area contributed by atoms with Gasteiger partial charge in [-0.15, -0.1) is 0 Å². The van der Waals surface area contributed by atoms with Crippen molar-refractivity contribution in [3.63, 3.8) is 0 Å². The van der Waals surface area contributed by atoms with Gasteiger partial charge in [-0.3, -0.25) is 14.8 Å². The van der Waals surface area contributed by atoms with Gasteiger partial charge in [0.05, 0.1) is 23.1 Å². The van der Waals surface area contributed by atoms with E-state index in [4.69, 9.17) is 10.7 Å². The van der Waals surface area contributed by atoms with Gasteiger partial charge in [0.15, 0.2) is 0 Å². The molecule has 7 nitrogen and oxygen atoms in total. The Hall–Kier alpha value is -4.31. The number of nitrogens with one attached hydrogen (secondary N) is 1. The molecule has 1 amide bonds. The summed E-state index contributed by atoms with van der Waals surface area (Å²) in [5.74, 6) is -0.479. The number of aromatic nitrogens is 3. The second-order valence-corrected chi connectivity index (χ2v) is 7.44. The van der Waals surface area contributed by atoms with Crippen LogP contribution in [0.5, 0.6) is 0 Å². The third-order valence-electron chi connectivity index (χ3n) is 5.45. The molecule has 1 aromatic carbocycles. The number of hydrogen-bond donors (Lipinski definition) is 2. The zero-order chi connectivity index (χ0) is 22.7. The Morgan fingerprint density at radius 3 is 2.56 bits per heavy atom. The Morgan fingerprint density at radius 1 is 1.16 bits per heavy atom. The number of nitriles is 1.